The minimum Gasteiger partial charge on any atom is -0.381 e. The molecule has 2 aromatic rings. The van der Waals surface area contributed by atoms with Gasteiger partial charge in [-0.15, -0.1) is 0 Å². The van der Waals surface area contributed by atoms with Crippen molar-refractivity contribution in [3.05, 3.63) is 59.7 Å². The molecule has 0 spiro atoms. The number of fused-ring (bicyclic) bond motifs is 1. The third-order valence-corrected chi connectivity index (χ3v) is 7.49. The Balaban J connectivity index is 1.15. The van der Waals surface area contributed by atoms with Crippen molar-refractivity contribution in [2.24, 2.45) is 17.8 Å². The first-order valence-electron chi connectivity index (χ1n) is 12.0. The molecule has 2 aromatic carbocycles. The third-order valence-electron chi connectivity index (χ3n) is 7.49. The van der Waals surface area contributed by atoms with Gasteiger partial charge >= 0.3 is 0 Å². The summed E-state index contributed by atoms with van der Waals surface area (Å²) < 4.78 is 5.36. The van der Waals surface area contributed by atoms with Crippen molar-refractivity contribution < 1.29 is 9.53 Å². The number of nitrogens with zero attached hydrogens (tertiary/aromatic N) is 3. The van der Waals surface area contributed by atoms with Crippen molar-refractivity contribution in [1.82, 2.24) is 15.1 Å². The molecule has 2 heterocycles. The number of piperazine rings is 1. The molecular weight excluding hydrogens is 412 g/mol. The average molecular weight is 445 g/mol. The number of nitriles is 1. The van der Waals surface area contributed by atoms with Gasteiger partial charge in [0.2, 0.25) is 5.91 Å². The van der Waals surface area contributed by atoms with Crippen LogP contribution in [-0.4, -0.2) is 68.7 Å². The fourth-order valence-corrected chi connectivity index (χ4v) is 5.16. The number of carbonyl (C=O) groups excluding carboxylic acids is 1. The van der Waals surface area contributed by atoms with Crippen molar-refractivity contribution in [3.8, 4) is 17.2 Å². The van der Waals surface area contributed by atoms with Crippen LogP contribution in [0.1, 0.15) is 17.0 Å². The second-order valence-electron chi connectivity index (χ2n) is 9.72. The summed E-state index contributed by atoms with van der Waals surface area (Å²) >= 11 is 0. The van der Waals surface area contributed by atoms with Gasteiger partial charge in [-0.2, -0.15) is 5.26 Å². The van der Waals surface area contributed by atoms with Crippen LogP contribution in [0.15, 0.2) is 48.5 Å². The quantitative estimate of drug-likeness (QED) is 0.711. The highest BCUT2D eigenvalue weighted by molar-refractivity contribution is 5.82. The highest BCUT2D eigenvalue weighted by Gasteiger charge is 2.57. The monoisotopic (exact) mass is 444 g/mol. The maximum atomic E-state index is 12.4. The van der Waals surface area contributed by atoms with Gasteiger partial charge in [-0.05, 0) is 41.1 Å². The Morgan fingerprint density at radius 3 is 2.24 bits per heavy atom. The van der Waals surface area contributed by atoms with Gasteiger partial charge in [0.15, 0.2) is 0 Å². The van der Waals surface area contributed by atoms with E-state index in [1.807, 2.05) is 12.1 Å². The number of nitrogens with one attached hydrogen (secondary N) is 1. The van der Waals surface area contributed by atoms with Crippen LogP contribution in [-0.2, 0) is 16.1 Å². The number of benzene rings is 2. The normalized spacial score (nSPS) is 25.8. The van der Waals surface area contributed by atoms with Crippen molar-refractivity contribution in [1.29, 1.82) is 5.26 Å². The van der Waals surface area contributed by atoms with E-state index in [2.05, 4.69) is 64.6 Å². The summed E-state index contributed by atoms with van der Waals surface area (Å²) in [6, 6.07) is 19.3. The number of rotatable bonds is 7. The van der Waals surface area contributed by atoms with Crippen LogP contribution in [0.25, 0.3) is 11.1 Å². The summed E-state index contributed by atoms with van der Waals surface area (Å²) in [5.74, 6) is 0.584. The highest BCUT2D eigenvalue weighted by atomic mass is 16.5. The molecule has 1 aliphatic carbocycles. The first-order chi connectivity index (χ1) is 16.1. The first-order valence-corrected chi connectivity index (χ1v) is 12.0. The van der Waals surface area contributed by atoms with Crippen LogP contribution in [0.5, 0.6) is 0 Å². The van der Waals surface area contributed by atoms with Gasteiger partial charge in [0.25, 0.3) is 0 Å². The van der Waals surface area contributed by atoms with Crippen LogP contribution >= 0.6 is 0 Å². The summed E-state index contributed by atoms with van der Waals surface area (Å²) in [5, 5.41) is 12.6. The van der Waals surface area contributed by atoms with Gasteiger partial charge in [0, 0.05) is 45.2 Å². The summed E-state index contributed by atoms with van der Waals surface area (Å²) in [4.78, 5) is 17.3. The first kappa shape index (κ1) is 22.1. The molecule has 6 nitrogen and oxygen atoms in total. The minimum atomic E-state index is -0.344. The van der Waals surface area contributed by atoms with E-state index in [0.717, 1.165) is 43.9 Å². The average Bonchev–Trinajstić information content (AvgIpc) is 3.33. The summed E-state index contributed by atoms with van der Waals surface area (Å²) in [6.45, 7) is 7.26. The number of ether oxygens (including phenoxy) is 1. The molecule has 0 aromatic heterocycles. The molecule has 2 saturated heterocycles. The smallest absolute Gasteiger partial charge is 0.223 e. The molecule has 3 aliphatic rings. The summed E-state index contributed by atoms with van der Waals surface area (Å²) in [5.41, 5.74) is 4.59. The molecule has 1 amide bonds. The van der Waals surface area contributed by atoms with E-state index in [0.29, 0.717) is 31.6 Å². The zero-order valence-corrected chi connectivity index (χ0v) is 19.2. The van der Waals surface area contributed by atoms with Crippen LogP contribution in [0.3, 0.4) is 0 Å². The van der Waals surface area contributed by atoms with Gasteiger partial charge in [0.1, 0.15) is 0 Å². The Kier molecular flexibility index (Phi) is 6.45. The molecular formula is C27H32N4O2. The lowest BCUT2D eigenvalue weighted by Gasteiger charge is -2.32. The molecule has 172 valence electrons. The fraction of sp³-hybridized carbons (Fsp3) is 0.481. The molecule has 0 bridgehead atoms. The molecule has 33 heavy (non-hydrogen) atoms. The number of amides is 1. The largest absolute Gasteiger partial charge is 0.381 e. The van der Waals surface area contributed by atoms with E-state index >= 15 is 0 Å². The lowest BCUT2D eigenvalue weighted by molar-refractivity contribution is -0.123. The zero-order chi connectivity index (χ0) is 22.8. The second kappa shape index (κ2) is 9.64. The predicted molar refractivity (Wildman–Crippen MR) is 127 cm³/mol. The Bertz CT molecular complexity index is 996. The molecule has 6 heteroatoms. The number of carbonyl (C=O) groups is 1. The van der Waals surface area contributed by atoms with E-state index < -0.39 is 0 Å². The second-order valence-corrected chi connectivity index (χ2v) is 9.72. The van der Waals surface area contributed by atoms with E-state index in [1.165, 1.54) is 11.1 Å². The van der Waals surface area contributed by atoms with Crippen LogP contribution in [0, 0.1) is 29.1 Å². The SMILES string of the molecule is CN1CCN(Cc2ccc(-c3ccc([C@H](C#N)CNC(=O)C4C5COCC54)cc3)cc2)CC1. The Morgan fingerprint density at radius 2 is 1.64 bits per heavy atom. The lowest BCUT2D eigenvalue weighted by Crippen LogP contribution is -2.43. The summed E-state index contributed by atoms with van der Waals surface area (Å²) in [7, 11) is 2.18. The minimum absolute atomic E-state index is 0.0711. The Hall–Kier alpha value is -2.72. The number of hydrogen-bond donors (Lipinski definition) is 1. The molecule has 3 fully saturated rings. The van der Waals surface area contributed by atoms with E-state index in [1.54, 1.807) is 0 Å². The van der Waals surface area contributed by atoms with Gasteiger partial charge < -0.3 is 15.0 Å². The zero-order valence-electron chi connectivity index (χ0n) is 19.2. The highest BCUT2D eigenvalue weighted by Crippen LogP contribution is 2.50. The number of hydrogen-bond acceptors (Lipinski definition) is 5. The van der Waals surface area contributed by atoms with Gasteiger partial charge in [0.05, 0.1) is 25.2 Å². The van der Waals surface area contributed by atoms with Gasteiger partial charge in [-0.25, -0.2) is 0 Å². The molecule has 2 unspecified atom stereocenters. The summed E-state index contributed by atoms with van der Waals surface area (Å²) in [6.07, 6.45) is 0. The van der Waals surface area contributed by atoms with Gasteiger partial charge in [-0.3, -0.25) is 9.69 Å². The van der Waals surface area contributed by atoms with Crippen molar-refractivity contribution in [2.75, 3.05) is 53.0 Å². The van der Waals surface area contributed by atoms with Gasteiger partial charge in [-0.1, -0.05) is 48.5 Å². The van der Waals surface area contributed by atoms with Crippen LogP contribution in [0.2, 0.25) is 0 Å². The topological polar surface area (TPSA) is 68.6 Å². The molecule has 5 rings (SSSR count). The standard InChI is InChI=1S/C27H32N4O2/c1-30-10-12-31(13-11-30)16-19-2-4-20(5-3-19)21-6-8-22(9-7-21)23(14-28)15-29-27(32)26-24-17-33-18-25(24)26/h2-9,23-26H,10-13,15-18H2,1H3,(H,29,32)/t23-,24?,25?,26?/m1/s1. The van der Waals surface area contributed by atoms with E-state index in [-0.39, 0.29) is 17.7 Å². The molecule has 1 saturated carbocycles. The lowest BCUT2D eigenvalue weighted by atomic mass is 9.96. The predicted octanol–water partition coefficient (Wildman–Crippen LogP) is 2.72. The third kappa shape index (κ3) is 4.96. The molecule has 0 radical (unpaired) electrons. The maximum absolute atomic E-state index is 12.4. The Labute approximate surface area is 196 Å². The molecule has 2 aliphatic heterocycles. The van der Waals surface area contributed by atoms with E-state index in [4.69, 9.17) is 4.74 Å². The fourth-order valence-electron chi connectivity index (χ4n) is 5.16. The van der Waals surface area contributed by atoms with E-state index in [9.17, 15) is 10.1 Å². The Morgan fingerprint density at radius 1 is 1.03 bits per heavy atom. The number of likely N-dealkylation sites (N-methyl/N-ethyl adjacent to an activating group) is 1. The van der Waals surface area contributed by atoms with Crippen molar-refractivity contribution in [2.45, 2.75) is 12.5 Å². The van der Waals surface area contributed by atoms with Crippen LogP contribution < -0.4 is 5.32 Å². The van der Waals surface area contributed by atoms with Crippen molar-refractivity contribution >= 4 is 5.91 Å². The molecule has 1 N–H and O–H groups in total. The van der Waals surface area contributed by atoms with Crippen LogP contribution in [0.4, 0.5) is 0 Å². The molecule has 3 atom stereocenters. The van der Waals surface area contributed by atoms with Crippen molar-refractivity contribution in [3.63, 3.8) is 0 Å². The maximum Gasteiger partial charge on any atom is 0.223 e.